The predicted molar refractivity (Wildman–Crippen MR) is 124 cm³/mol. The van der Waals surface area contributed by atoms with Crippen molar-refractivity contribution in [3.05, 3.63) is 64.4 Å². The molecule has 0 aliphatic carbocycles. The van der Waals surface area contributed by atoms with Crippen LogP contribution in [0.5, 0.6) is 0 Å². The molecule has 0 spiro atoms. The molecule has 0 atom stereocenters. The first-order chi connectivity index (χ1) is 16.3. The summed E-state index contributed by atoms with van der Waals surface area (Å²) in [5.41, 5.74) is 2.03. The van der Waals surface area contributed by atoms with Crippen LogP contribution in [0.2, 0.25) is 5.02 Å². The summed E-state index contributed by atoms with van der Waals surface area (Å²) >= 11 is 6.79. The van der Waals surface area contributed by atoms with Crippen molar-refractivity contribution in [2.24, 2.45) is 0 Å². The number of hydrogen-bond acceptors (Lipinski definition) is 8. The van der Waals surface area contributed by atoms with Crippen molar-refractivity contribution in [1.82, 2.24) is 14.3 Å². The zero-order valence-corrected chi connectivity index (χ0v) is 19.9. The van der Waals surface area contributed by atoms with Crippen LogP contribution in [-0.2, 0) is 27.9 Å². The Labute approximate surface area is 203 Å². The molecule has 0 amide bonds. The number of carbonyl (C=O) groups is 1. The number of benzene rings is 2. The first-order valence-electron chi connectivity index (χ1n) is 9.84. The van der Waals surface area contributed by atoms with E-state index in [-0.39, 0.29) is 23.8 Å². The second-order valence-corrected chi connectivity index (χ2v) is 9.85. The number of likely N-dealkylation sites (tertiary alicyclic amines) is 1. The van der Waals surface area contributed by atoms with E-state index >= 15 is 0 Å². The fourth-order valence-electron chi connectivity index (χ4n) is 3.19. The van der Waals surface area contributed by atoms with E-state index < -0.39 is 31.6 Å². The summed E-state index contributed by atoms with van der Waals surface area (Å²) in [6.45, 7) is 2.91. The molecule has 4 rings (SSSR count). The standard InChI is InChI=1S/C19H18ClF2N5O2S2.CH2O2/c20-16-15(23-9-12-4-1-2-5-13(12)10-27-6-3-7-27)8-14(21)18(17(16)22)31(28,29)26-19-24-11-25-30-19;2-1-3/h1-2,4-5,8,11,23H,3,6-7,9-10H2,(H,24,25,26);1H,(H,2,3). The maximum Gasteiger partial charge on any atom is 0.290 e. The molecule has 2 heterocycles. The number of anilines is 2. The lowest BCUT2D eigenvalue weighted by molar-refractivity contribution is -0.122. The van der Waals surface area contributed by atoms with Crippen molar-refractivity contribution in [3.63, 3.8) is 0 Å². The molecule has 1 aliphatic rings. The van der Waals surface area contributed by atoms with E-state index in [1.807, 2.05) is 29.0 Å². The van der Waals surface area contributed by atoms with Crippen LogP contribution in [0, 0.1) is 11.6 Å². The van der Waals surface area contributed by atoms with Gasteiger partial charge in [-0.25, -0.2) is 22.2 Å². The summed E-state index contributed by atoms with van der Waals surface area (Å²) in [5.74, 6) is -2.65. The fourth-order valence-corrected chi connectivity index (χ4v) is 5.27. The SMILES string of the molecule is O=CO.O=S(=O)(Nc1ncns1)c1c(F)cc(NCc2ccccc2CN2CCC2)c(Cl)c1F. The van der Waals surface area contributed by atoms with Gasteiger partial charge in [0.2, 0.25) is 5.13 Å². The Morgan fingerprint density at radius 2 is 1.91 bits per heavy atom. The number of nitrogens with zero attached hydrogens (tertiary/aromatic N) is 3. The van der Waals surface area contributed by atoms with Crippen molar-refractivity contribution >= 4 is 50.4 Å². The molecule has 0 bridgehead atoms. The van der Waals surface area contributed by atoms with E-state index in [0.29, 0.717) is 0 Å². The molecule has 2 aromatic carbocycles. The second-order valence-electron chi connectivity index (χ2n) is 7.07. The number of nitrogens with one attached hydrogen (secondary N) is 2. The predicted octanol–water partition coefficient (Wildman–Crippen LogP) is 3.79. The Morgan fingerprint density at radius 3 is 2.50 bits per heavy atom. The van der Waals surface area contributed by atoms with Crippen LogP contribution in [0.4, 0.5) is 19.6 Å². The van der Waals surface area contributed by atoms with Gasteiger partial charge < -0.3 is 10.4 Å². The van der Waals surface area contributed by atoms with Crippen LogP contribution in [0.25, 0.3) is 0 Å². The largest absolute Gasteiger partial charge is 0.483 e. The van der Waals surface area contributed by atoms with Gasteiger partial charge >= 0.3 is 0 Å². The Balaban J connectivity index is 0.00000103. The first kappa shape index (κ1) is 25.7. The molecule has 3 aromatic rings. The zero-order chi connectivity index (χ0) is 24.7. The number of sulfonamides is 1. The van der Waals surface area contributed by atoms with Gasteiger partial charge in [0.1, 0.15) is 17.2 Å². The topological polar surface area (TPSA) is 125 Å². The third kappa shape index (κ3) is 6.17. The van der Waals surface area contributed by atoms with Crippen molar-refractivity contribution in [2.75, 3.05) is 23.1 Å². The number of hydrogen-bond donors (Lipinski definition) is 3. The molecule has 9 nitrogen and oxygen atoms in total. The van der Waals surface area contributed by atoms with Gasteiger partial charge in [-0.1, -0.05) is 35.9 Å². The lowest BCUT2D eigenvalue weighted by Crippen LogP contribution is -2.36. The molecule has 3 N–H and O–H groups in total. The van der Waals surface area contributed by atoms with Crippen molar-refractivity contribution in [2.45, 2.75) is 24.4 Å². The van der Waals surface area contributed by atoms with Gasteiger partial charge in [0.25, 0.3) is 16.5 Å². The maximum atomic E-state index is 14.8. The van der Waals surface area contributed by atoms with Crippen LogP contribution < -0.4 is 10.0 Å². The first-order valence-corrected chi connectivity index (χ1v) is 12.5. The van der Waals surface area contributed by atoms with Gasteiger partial charge in [0.05, 0.1) is 5.69 Å². The highest BCUT2D eigenvalue weighted by molar-refractivity contribution is 7.93. The molecule has 14 heteroatoms. The van der Waals surface area contributed by atoms with E-state index in [4.69, 9.17) is 21.5 Å². The monoisotopic (exact) mass is 531 g/mol. The van der Waals surface area contributed by atoms with Gasteiger partial charge in [0, 0.05) is 30.7 Å². The van der Waals surface area contributed by atoms with Crippen LogP contribution in [0.3, 0.4) is 0 Å². The van der Waals surface area contributed by atoms with Crippen molar-refractivity contribution in [3.8, 4) is 0 Å². The van der Waals surface area contributed by atoms with Gasteiger partial charge in [-0.3, -0.25) is 14.4 Å². The smallest absolute Gasteiger partial charge is 0.290 e. The lowest BCUT2D eigenvalue weighted by Gasteiger charge is -2.31. The third-order valence-corrected chi connectivity index (χ3v) is 7.35. The fraction of sp³-hybridized carbons (Fsp3) is 0.250. The summed E-state index contributed by atoms with van der Waals surface area (Å²) in [6, 6.07) is 8.63. The number of halogens is 3. The number of rotatable bonds is 8. The molecule has 34 heavy (non-hydrogen) atoms. The molecule has 1 fully saturated rings. The highest BCUT2D eigenvalue weighted by atomic mass is 35.5. The maximum absolute atomic E-state index is 14.8. The molecule has 0 unspecified atom stereocenters. The Kier molecular flexibility index (Phi) is 8.72. The minimum atomic E-state index is -4.58. The second kappa shape index (κ2) is 11.5. The number of aromatic nitrogens is 2. The molecule has 1 saturated heterocycles. The molecule has 0 saturated carbocycles. The summed E-state index contributed by atoms with van der Waals surface area (Å²) in [5, 5.41) is 9.18. The van der Waals surface area contributed by atoms with Crippen molar-refractivity contribution < 1.29 is 27.1 Å². The van der Waals surface area contributed by atoms with E-state index in [2.05, 4.69) is 19.6 Å². The summed E-state index contributed by atoms with van der Waals surface area (Å²) < 4.78 is 59.9. The summed E-state index contributed by atoms with van der Waals surface area (Å²) in [4.78, 5) is 13.1. The van der Waals surface area contributed by atoms with Gasteiger partial charge in [-0.15, -0.1) is 0 Å². The average Bonchev–Trinajstić information content (AvgIpc) is 3.25. The lowest BCUT2D eigenvalue weighted by atomic mass is 10.1. The van der Waals surface area contributed by atoms with E-state index in [0.717, 1.165) is 54.7 Å². The van der Waals surface area contributed by atoms with Crippen LogP contribution >= 0.6 is 23.1 Å². The molecule has 1 aliphatic heterocycles. The normalized spacial score (nSPS) is 13.4. The van der Waals surface area contributed by atoms with Crippen molar-refractivity contribution in [1.29, 1.82) is 0 Å². The zero-order valence-electron chi connectivity index (χ0n) is 17.5. The van der Waals surface area contributed by atoms with E-state index in [9.17, 15) is 17.2 Å². The third-order valence-electron chi connectivity index (χ3n) is 4.90. The minimum absolute atomic E-state index is 0.0368. The quantitative estimate of drug-likeness (QED) is 0.296. The molecule has 1 aromatic heterocycles. The van der Waals surface area contributed by atoms with E-state index in [1.54, 1.807) is 0 Å². The van der Waals surface area contributed by atoms with Crippen LogP contribution in [-0.4, -0.2) is 47.3 Å². The van der Waals surface area contributed by atoms with Crippen LogP contribution in [0.15, 0.2) is 41.6 Å². The van der Waals surface area contributed by atoms with Gasteiger partial charge in [-0.2, -0.15) is 4.37 Å². The average molecular weight is 532 g/mol. The summed E-state index contributed by atoms with van der Waals surface area (Å²) in [6.07, 6.45) is 2.30. The Hall–Kier alpha value is -2.87. The molecular weight excluding hydrogens is 512 g/mol. The Bertz CT molecular complexity index is 1240. The van der Waals surface area contributed by atoms with Crippen LogP contribution in [0.1, 0.15) is 17.5 Å². The highest BCUT2D eigenvalue weighted by Crippen LogP contribution is 2.33. The summed E-state index contributed by atoms with van der Waals surface area (Å²) in [7, 11) is -4.58. The van der Waals surface area contributed by atoms with Gasteiger partial charge in [0.15, 0.2) is 10.7 Å². The van der Waals surface area contributed by atoms with E-state index in [1.165, 1.54) is 6.42 Å². The molecule has 182 valence electrons. The molecular formula is C20H20ClF2N5O4S2. The van der Waals surface area contributed by atoms with Gasteiger partial charge in [-0.05, 0) is 30.6 Å². The molecule has 0 radical (unpaired) electrons. The highest BCUT2D eigenvalue weighted by Gasteiger charge is 2.29. The minimum Gasteiger partial charge on any atom is -0.483 e. The number of carboxylic acid groups (broad SMARTS) is 1. The Morgan fingerprint density at radius 1 is 1.24 bits per heavy atom.